The number of halogens is 3. The lowest BCUT2D eigenvalue weighted by Gasteiger charge is -2.11. The van der Waals surface area contributed by atoms with Crippen LogP contribution in [0, 0.1) is 5.82 Å². The SMILES string of the molecule is CC(C)c1nc(-c2ccc(F)c(Cl)c2)nc(N)c1Br. The molecule has 0 atom stereocenters. The van der Waals surface area contributed by atoms with Crippen molar-refractivity contribution in [2.45, 2.75) is 19.8 Å². The van der Waals surface area contributed by atoms with E-state index in [-0.39, 0.29) is 10.9 Å². The van der Waals surface area contributed by atoms with Gasteiger partial charge in [0.1, 0.15) is 11.6 Å². The summed E-state index contributed by atoms with van der Waals surface area (Å²) in [6.45, 7) is 4.02. The summed E-state index contributed by atoms with van der Waals surface area (Å²) in [5.41, 5.74) is 7.30. The van der Waals surface area contributed by atoms with Crippen molar-refractivity contribution in [3.05, 3.63) is 39.2 Å². The van der Waals surface area contributed by atoms with Crippen molar-refractivity contribution >= 4 is 33.3 Å². The van der Waals surface area contributed by atoms with E-state index >= 15 is 0 Å². The molecule has 0 unspecified atom stereocenters. The molecule has 0 saturated heterocycles. The second-order valence-electron chi connectivity index (χ2n) is 4.42. The van der Waals surface area contributed by atoms with E-state index in [4.69, 9.17) is 17.3 Å². The second-order valence-corrected chi connectivity index (χ2v) is 5.62. The van der Waals surface area contributed by atoms with Crippen LogP contribution in [0.3, 0.4) is 0 Å². The molecule has 0 spiro atoms. The van der Waals surface area contributed by atoms with Gasteiger partial charge < -0.3 is 5.73 Å². The lowest BCUT2D eigenvalue weighted by atomic mass is 10.1. The fraction of sp³-hybridized carbons (Fsp3) is 0.231. The van der Waals surface area contributed by atoms with E-state index in [2.05, 4.69) is 25.9 Å². The molecule has 1 heterocycles. The fourth-order valence-corrected chi connectivity index (χ4v) is 2.45. The van der Waals surface area contributed by atoms with Crippen molar-refractivity contribution in [1.29, 1.82) is 0 Å². The molecule has 0 amide bonds. The topological polar surface area (TPSA) is 51.8 Å². The van der Waals surface area contributed by atoms with Crippen LogP contribution in [0.4, 0.5) is 10.2 Å². The lowest BCUT2D eigenvalue weighted by Crippen LogP contribution is -2.04. The summed E-state index contributed by atoms with van der Waals surface area (Å²) >= 11 is 9.14. The number of nitrogens with zero attached hydrogens (tertiary/aromatic N) is 2. The third-order valence-electron chi connectivity index (χ3n) is 2.63. The molecule has 0 radical (unpaired) electrons. The minimum absolute atomic E-state index is 0.0358. The Bertz CT molecular complexity index is 632. The van der Waals surface area contributed by atoms with Crippen LogP contribution >= 0.6 is 27.5 Å². The maximum atomic E-state index is 13.2. The zero-order chi connectivity index (χ0) is 14.2. The summed E-state index contributed by atoms with van der Waals surface area (Å²) in [6, 6.07) is 4.35. The first kappa shape index (κ1) is 14.2. The number of rotatable bonds is 2. The summed E-state index contributed by atoms with van der Waals surface area (Å²) < 4.78 is 13.9. The zero-order valence-electron chi connectivity index (χ0n) is 10.4. The first-order valence-corrected chi connectivity index (χ1v) is 6.85. The van der Waals surface area contributed by atoms with E-state index in [1.807, 2.05) is 13.8 Å². The second kappa shape index (κ2) is 5.43. The molecule has 0 saturated carbocycles. The van der Waals surface area contributed by atoms with Gasteiger partial charge in [0.25, 0.3) is 0 Å². The fourth-order valence-electron chi connectivity index (χ4n) is 1.63. The Morgan fingerprint density at radius 2 is 2.00 bits per heavy atom. The van der Waals surface area contributed by atoms with Crippen molar-refractivity contribution in [3.63, 3.8) is 0 Å². The molecule has 2 aromatic rings. The Morgan fingerprint density at radius 3 is 2.58 bits per heavy atom. The first-order valence-electron chi connectivity index (χ1n) is 5.68. The van der Waals surface area contributed by atoms with Gasteiger partial charge in [0.15, 0.2) is 5.82 Å². The minimum atomic E-state index is -0.473. The van der Waals surface area contributed by atoms with Crippen LogP contribution in [0.2, 0.25) is 5.02 Å². The van der Waals surface area contributed by atoms with Gasteiger partial charge in [0.05, 0.1) is 15.2 Å². The highest BCUT2D eigenvalue weighted by molar-refractivity contribution is 9.10. The highest BCUT2D eigenvalue weighted by atomic mass is 79.9. The number of aromatic nitrogens is 2. The van der Waals surface area contributed by atoms with Crippen LogP contribution in [0.1, 0.15) is 25.5 Å². The van der Waals surface area contributed by atoms with Crippen LogP contribution in [-0.4, -0.2) is 9.97 Å². The molecular weight excluding hydrogens is 333 g/mol. The van der Waals surface area contributed by atoms with Gasteiger partial charge in [0.2, 0.25) is 0 Å². The molecular formula is C13H12BrClFN3. The van der Waals surface area contributed by atoms with Crippen molar-refractivity contribution in [2.75, 3.05) is 5.73 Å². The Morgan fingerprint density at radius 1 is 1.32 bits per heavy atom. The van der Waals surface area contributed by atoms with Crippen LogP contribution in [-0.2, 0) is 0 Å². The van der Waals surface area contributed by atoms with Crippen LogP contribution < -0.4 is 5.73 Å². The third-order valence-corrected chi connectivity index (χ3v) is 3.73. The predicted octanol–water partition coefficient (Wildman–Crippen LogP) is 4.40. The van der Waals surface area contributed by atoms with E-state index in [0.29, 0.717) is 21.7 Å². The Kier molecular flexibility index (Phi) is 4.06. The molecule has 1 aromatic heterocycles. The van der Waals surface area contributed by atoms with E-state index in [0.717, 1.165) is 5.69 Å². The third kappa shape index (κ3) is 2.87. The monoisotopic (exact) mass is 343 g/mol. The van der Waals surface area contributed by atoms with Gasteiger partial charge in [-0.05, 0) is 40.0 Å². The smallest absolute Gasteiger partial charge is 0.161 e. The Hall–Kier alpha value is -1.20. The molecule has 19 heavy (non-hydrogen) atoms. The number of hydrogen-bond acceptors (Lipinski definition) is 3. The molecule has 3 nitrogen and oxygen atoms in total. The Labute approximate surface area is 124 Å². The summed E-state index contributed by atoms with van der Waals surface area (Å²) in [5, 5.41) is 0.0358. The molecule has 2 N–H and O–H groups in total. The first-order chi connectivity index (χ1) is 8.90. The van der Waals surface area contributed by atoms with Gasteiger partial charge in [-0.3, -0.25) is 0 Å². The molecule has 1 aromatic carbocycles. The van der Waals surface area contributed by atoms with E-state index in [1.54, 1.807) is 6.07 Å². The van der Waals surface area contributed by atoms with E-state index in [9.17, 15) is 4.39 Å². The molecule has 0 fully saturated rings. The average Bonchev–Trinajstić information content (AvgIpc) is 2.35. The largest absolute Gasteiger partial charge is 0.383 e. The summed E-state index contributed by atoms with van der Waals surface area (Å²) in [4.78, 5) is 8.65. The molecule has 6 heteroatoms. The number of benzene rings is 1. The number of hydrogen-bond donors (Lipinski definition) is 1. The zero-order valence-corrected chi connectivity index (χ0v) is 12.8. The molecule has 0 aliphatic carbocycles. The summed E-state index contributed by atoms with van der Waals surface area (Å²) in [6.07, 6.45) is 0. The van der Waals surface area contributed by atoms with Gasteiger partial charge in [-0.25, -0.2) is 14.4 Å². The normalized spacial score (nSPS) is 11.1. The molecule has 2 rings (SSSR count). The summed E-state index contributed by atoms with van der Waals surface area (Å²) in [7, 11) is 0. The highest BCUT2D eigenvalue weighted by Gasteiger charge is 2.14. The molecule has 0 bridgehead atoms. The molecule has 0 aliphatic heterocycles. The quantitative estimate of drug-likeness (QED) is 0.878. The van der Waals surface area contributed by atoms with Crippen molar-refractivity contribution in [3.8, 4) is 11.4 Å². The van der Waals surface area contributed by atoms with Crippen molar-refractivity contribution in [2.24, 2.45) is 0 Å². The van der Waals surface area contributed by atoms with E-state index < -0.39 is 5.82 Å². The van der Waals surface area contributed by atoms with Crippen LogP contribution in [0.5, 0.6) is 0 Å². The standard InChI is InChI=1S/C13H12BrClFN3/c1-6(2)11-10(14)12(17)19-13(18-11)7-3-4-9(16)8(15)5-7/h3-6H,1-2H3,(H2,17,18,19). The average molecular weight is 345 g/mol. The number of nitrogens with two attached hydrogens (primary N) is 1. The number of anilines is 1. The maximum Gasteiger partial charge on any atom is 0.161 e. The van der Waals surface area contributed by atoms with Gasteiger partial charge in [-0.15, -0.1) is 0 Å². The molecule has 0 aliphatic rings. The van der Waals surface area contributed by atoms with Gasteiger partial charge >= 0.3 is 0 Å². The summed E-state index contributed by atoms with van der Waals surface area (Å²) in [5.74, 6) is 0.509. The van der Waals surface area contributed by atoms with Gasteiger partial charge in [0, 0.05) is 5.56 Å². The van der Waals surface area contributed by atoms with Crippen LogP contribution in [0.25, 0.3) is 11.4 Å². The van der Waals surface area contributed by atoms with Crippen LogP contribution in [0.15, 0.2) is 22.7 Å². The molecule has 100 valence electrons. The number of nitrogen functional groups attached to an aromatic ring is 1. The lowest BCUT2D eigenvalue weighted by molar-refractivity contribution is 0.628. The van der Waals surface area contributed by atoms with Crippen molar-refractivity contribution in [1.82, 2.24) is 9.97 Å². The highest BCUT2D eigenvalue weighted by Crippen LogP contribution is 2.30. The maximum absolute atomic E-state index is 13.2. The van der Waals surface area contributed by atoms with Gasteiger partial charge in [-0.2, -0.15) is 0 Å². The predicted molar refractivity (Wildman–Crippen MR) is 78.6 cm³/mol. The van der Waals surface area contributed by atoms with Gasteiger partial charge in [-0.1, -0.05) is 25.4 Å². The van der Waals surface area contributed by atoms with E-state index in [1.165, 1.54) is 12.1 Å². The Balaban J connectivity index is 2.59. The minimum Gasteiger partial charge on any atom is -0.383 e. The van der Waals surface area contributed by atoms with Crippen molar-refractivity contribution < 1.29 is 4.39 Å².